The molecule has 0 amide bonds. The minimum absolute atomic E-state index is 0.0108. The molecule has 2 aliphatic heterocycles. The molecule has 7 atom stereocenters. The lowest BCUT2D eigenvalue weighted by molar-refractivity contribution is -0.0375. The number of aromatic amines is 2. The van der Waals surface area contributed by atoms with Crippen molar-refractivity contribution in [3.05, 3.63) is 121 Å². The third kappa shape index (κ3) is 7.89. The molecular weight excluding hydrogens is 691 g/mol. The zero-order valence-corrected chi connectivity index (χ0v) is 27.5. The fraction of sp³-hybridized carbons (Fsp3) is 0.481. The monoisotopic (exact) mass is 720 g/mol. The van der Waals surface area contributed by atoms with Crippen LogP contribution in [0, 0.1) is 13.8 Å². The van der Waals surface area contributed by atoms with Crippen molar-refractivity contribution in [1.82, 2.24) is 19.1 Å². The van der Waals surface area contributed by atoms with E-state index in [-0.39, 0.29) is 29.5 Å². The molecule has 3 aromatic rings. The van der Waals surface area contributed by atoms with Gasteiger partial charge in [0.2, 0.25) is 0 Å². The molecular formula is C27H30ClN10O10P. The van der Waals surface area contributed by atoms with Crippen LogP contribution < -0.4 is 22.5 Å². The topological polar surface area (TPSA) is 281 Å². The Bertz CT molecular complexity index is 1970. The van der Waals surface area contributed by atoms with Crippen LogP contribution in [-0.4, -0.2) is 61.7 Å². The molecule has 0 radical (unpaired) electrons. The Morgan fingerprint density at radius 3 is 1.73 bits per heavy atom. The summed E-state index contributed by atoms with van der Waals surface area (Å²) in [6.45, 7) is 1.87. The molecule has 2 aromatic heterocycles. The fourth-order valence-corrected chi connectivity index (χ4v) is 7.13. The van der Waals surface area contributed by atoms with E-state index in [2.05, 4.69) is 30.0 Å². The van der Waals surface area contributed by atoms with Gasteiger partial charge >= 0.3 is 19.0 Å². The van der Waals surface area contributed by atoms with E-state index in [9.17, 15) is 39.9 Å². The zero-order chi connectivity index (χ0) is 35.5. The summed E-state index contributed by atoms with van der Waals surface area (Å²) in [5, 5.41) is 19.1. The molecule has 3 N–H and O–H groups in total. The van der Waals surface area contributed by atoms with Gasteiger partial charge in [-0.3, -0.25) is 33.3 Å². The second-order valence-electron chi connectivity index (χ2n) is 11.3. The van der Waals surface area contributed by atoms with Crippen molar-refractivity contribution in [1.29, 1.82) is 0 Å². The number of rotatable bonds is 12. The molecule has 0 spiro atoms. The van der Waals surface area contributed by atoms with E-state index in [1.54, 1.807) is 0 Å². The summed E-state index contributed by atoms with van der Waals surface area (Å²) in [4.78, 5) is 58.7. The molecule has 0 bridgehead atoms. The van der Waals surface area contributed by atoms with E-state index in [0.717, 1.165) is 9.13 Å². The highest BCUT2D eigenvalue weighted by molar-refractivity contribution is 7.54. The van der Waals surface area contributed by atoms with Crippen molar-refractivity contribution < 1.29 is 28.2 Å². The first-order valence-electron chi connectivity index (χ1n) is 14.7. The molecule has 0 aliphatic carbocycles. The summed E-state index contributed by atoms with van der Waals surface area (Å²) in [5.74, 6) is -1.89. The Labute approximate surface area is 280 Å². The number of azide groups is 2. The van der Waals surface area contributed by atoms with Crippen LogP contribution in [0.15, 0.2) is 66.1 Å². The fourth-order valence-electron chi connectivity index (χ4n) is 5.40. The summed E-state index contributed by atoms with van der Waals surface area (Å²) in [6, 6.07) is 3.84. The third-order valence-corrected chi connectivity index (χ3v) is 10.2. The second kappa shape index (κ2) is 15.0. The van der Waals surface area contributed by atoms with Gasteiger partial charge in [0.15, 0.2) is 5.85 Å². The van der Waals surface area contributed by atoms with Crippen LogP contribution in [0.2, 0.25) is 5.02 Å². The lowest BCUT2D eigenvalue weighted by Gasteiger charge is -2.27. The minimum Gasteiger partial charge on any atom is -0.376 e. The highest BCUT2D eigenvalue weighted by atomic mass is 35.5. The number of nitrogens with zero attached hydrogens (tertiary/aromatic N) is 8. The molecule has 2 fully saturated rings. The molecule has 2 saturated heterocycles. The average molecular weight is 721 g/mol. The van der Waals surface area contributed by atoms with Gasteiger partial charge in [0.1, 0.15) is 12.5 Å². The molecule has 4 heterocycles. The van der Waals surface area contributed by atoms with Crippen molar-refractivity contribution in [2.75, 3.05) is 13.2 Å². The van der Waals surface area contributed by atoms with Crippen molar-refractivity contribution in [2.24, 2.45) is 10.2 Å². The Morgan fingerprint density at radius 1 is 0.898 bits per heavy atom. The number of ether oxygens (including phenoxy) is 2. The van der Waals surface area contributed by atoms with Gasteiger partial charge in [-0.1, -0.05) is 34.0 Å². The number of hydrogen-bond acceptors (Lipinski definition) is 12. The number of hydrogen-bond donors (Lipinski definition) is 3. The molecule has 1 unspecified atom stereocenters. The summed E-state index contributed by atoms with van der Waals surface area (Å²) in [7, 11) is -4.62. The first-order chi connectivity index (χ1) is 23.3. The van der Waals surface area contributed by atoms with Crippen LogP contribution in [0.25, 0.3) is 20.9 Å². The number of halogens is 1. The predicted octanol–water partition coefficient (Wildman–Crippen LogP) is 3.21. The lowest BCUT2D eigenvalue weighted by atomic mass is 10.1. The summed E-state index contributed by atoms with van der Waals surface area (Å²) >= 11 is 5.99. The maximum absolute atomic E-state index is 14.4. The Morgan fingerprint density at radius 2 is 1.33 bits per heavy atom. The van der Waals surface area contributed by atoms with Crippen LogP contribution >= 0.6 is 19.2 Å². The van der Waals surface area contributed by atoms with E-state index in [1.165, 1.54) is 50.5 Å². The Kier molecular flexibility index (Phi) is 10.9. The first-order valence-corrected chi connectivity index (χ1v) is 16.7. The van der Waals surface area contributed by atoms with Gasteiger partial charge in [-0.25, -0.2) is 9.59 Å². The molecule has 1 aromatic carbocycles. The number of aryl methyl sites for hydroxylation is 2. The Hall–Kier alpha value is -4.48. The largest absolute Gasteiger partial charge is 0.376 e. The van der Waals surface area contributed by atoms with Crippen LogP contribution in [0.1, 0.15) is 47.8 Å². The SMILES string of the molecule is Cc1cn([C@H]2C[C@H](N=[N+]=[N-])[C@@H](COP(=O)(OC[C@H]3O[C@@H](n4cc(C)c(=O)[nH]c4=O)C[C@@H]3N=[N+]=[N-])C(O)c3ccc(Cl)cc3)O2)c(=O)[nH]c1=O. The number of nitrogens with one attached hydrogen (secondary N) is 2. The summed E-state index contributed by atoms with van der Waals surface area (Å²) in [6.07, 6.45) is -1.62. The van der Waals surface area contributed by atoms with Gasteiger partial charge < -0.3 is 23.6 Å². The van der Waals surface area contributed by atoms with Gasteiger partial charge in [0.05, 0.1) is 37.5 Å². The van der Waals surface area contributed by atoms with Gasteiger partial charge in [-0.2, -0.15) is 0 Å². The van der Waals surface area contributed by atoms with E-state index in [4.69, 9.17) is 30.1 Å². The van der Waals surface area contributed by atoms with Crippen LogP contribution in [-0.2, 0) is 23.1 Å². The molecule has 20 nitrogen and oxygen atoms in total. The molecule has 260 valence electrons. The highest BCUT2D eigenvalue weighted by Gasteiger charge is 2.44. The Balaban J connectivity index is 1.39. The first kappa shape index (κ1) is 35.8. The smallest absolute Gasteiger partial charge is 0.363 e. The van der Waals surface area contributed by atoms with Gasteiger partial charge in [-0.15, -0.1) is 0 Å². The second-order valence-corrected chi connectivity index (χ2v) is 13.8. The molecule has 0 saturated carbocycles. The van der Waals surface area contributed by atoms with Crippen molar-refractivity contribution in [2.45, 2.75) is 69.3 Å². The highest BCUT2D eigenvalue weighted by Crippen LogP contribution is 2.60. The van der Waals surface area contributed by atoms with Crippen molar-refractivity contribution in [3.8, 4) is 0 Å². The van der Waals surface area contributed by atoms with E-state index in [0.29, 0.717) is 5.02 Å². The summed E-state index contributed by atoms with van der Waals surface area (Å²) < 4.78 is 40.0. The number of aromatic nitrogens is 4. The third-order valence-electron chi connectivity index (χ3n) is 8.03. The normalized spacial score (nSPS) is 25.2. The quantitative estimate of drug-likeness (QED) is 0.106. The summed E-state index contributed by atoms with van der Waals surface area (Å²) in [5.41, 5.74) is 16.2. The number of benzene rings is 1. The van der Waals surface area contributed by atoms with Crippen molar-refractivity contribution >= 4 is 19.2 Å². The molecule has 5 rings (SSSR count). The van der Waals surface area contributed by atoms with Crippen LogP contribution in [0.3, 0.4) is 0 Å². The van der Waals surface area contributed by atoms with Gasteiger partial charge in [0, 0.05) is 51.2 Å². The van der Waals surface area contributed by atoms with Crippen LogP contribution in [0.4, 0.5) is 0 Å². The van der Waals surface area contributed by atoms with Crippen LogP contribution in [0.5, 0.6) is 0 Å². The molecule has 2 aliphatic rings. The minimum atomic E-state index is -4.62. The van der Waals surface area contributed by atoms with E-state index >= 15 is 0 Å². The zero-order valence-electron chi connectivity index (χ0n) is 25.9. The maximum atomic E-state index is 14.4. The molecule has 22 heteroatoms. The number of aliphatic hydroxyl groups excluding tert-OH is 1. The number of H-pyrrole nitrogens is 2. The molecule has 49 heavy (non-hydrogen) atoms. The standard InChI is InChI=1S/C27H30ClN10O10P/c1-13-9-37(26(42)31-23(13)39)21-7-17(33-35-29)19(47-21)11-45-49(44,25(41)15-3-5-16(28)6-4-15)46-12-20-18(34-36-30)8-22(48-20)38-10-14(2)24(40)32-27(38)43/h3-6,9-10,17-22,25,41H,7-8,11-12H2,1-2H3,(H,31,39,42)(H,32,40,43)/t17-,18-,19+,20+,21+,22+,25?/m0/s1. The lowest BCUT2D eigenvalue weighted by Crippen LogP contribution is -2.33. The van der Waals surface area contributed by atoms with E-state index < -0.39 is 85.9 Å². The average Bonchev–Trinajstić information content (AvgIpc) is 3.66. The predicted molar refractivity (Wildman–Crippen MR) is 171 cm³/mol. The van der Waals surface area contributed by atoms with Gasteiger partial charge in [0.25, 0.3) is 11.1 Å². The van der Waals surface area contributed by atoms with Gasteiger partial charge in [-0.05, 0) is 42.6 Å². The van der Waals surface area contributed by atoms with Crippen molar-refractivity contribution in [3.63, 3.8) is 0 Å². The number of aliphatic hydroxyl groups is 1. The van der Waals surface area contributed by atoms with E-state index in [1.807, 2.05) is 0 Å². The maximum Gasteiger partial charge on any atom is 0.363 e.